The molecule has 1 aliphatic heterocycles. The zero-order chi connectivity index (χ0) is 24.3. The van der Waals surface area contributed by atoms with E-state index < -0.39 is 36.3 Å². The highest BCUT2D eigenvalue weighted by atomic mass is 16.7. The van der Waals surface area contributed by atoms with Crippen molar-refractivity contribution in [3.05, 3.63) is 0 Å². The van der Waals surface area contributed by atoms with E-state index in [1.807, 2.05) is 13.8 Å². The van der Waals surface area contributed by atoms with E-state index >= 15 is 0 Å². The molecule has 6 unspecified atom stereocenters. The maximum Gasteiger partial charge on any atom is 0.306 e. The highest BCUT2D eigenvalue weighted by Gasteiger charge is 2.67. The van der Waals surface area contributed by atoms with Crippen molar-refractivity contribution in [1.82, 2.24) is 0 Å². The van der Waals surface area contributed by atoms with Crippen LogP contribution >= 0.6 is 0 Å². The molecular weight excluding hydrogens is 420 g/mol. The third-order valence-electron chi connectivity index (χ3n) is 9.99. The fraction of sp³-hybridized carbons (Fsp3) is 0.963. The molecule has 4 rings (SSSR count). The van der Waals surface area contributed by atoms with Crippen LogP contribution in [-0.2, 0) is 19.0 Å². The van der Waals surface area contributed by atoms with E-state index in [-0.39, 0.29) is 18.3 Å². The molecule has 0 aromatic rings. The van der Waals surface area contributed by atoms with Gasteiger partial charge in [0.05, 0.1) is 11.7 Å². The molecule has 0 aromatic heterocycles. The first-order valence-corrected chi connectivity index (χ1v) is 13.3. The van der Waals surface area contributed by atoms with Crippen molar-refractivity contribution in [2.75, 3.05) is 0 Å². The molecule has 4 aliphatic rings. The largest absolute Gasteiger partial charge is 0.454 e. The Kier molecular flexibility index (Phi) is 6.98. The van der Waals surface area contributed by atoms with Gasteiger partial charge in [0.1, 0.15) is 12.2 Å². The maximum absolute atomic E-state index is 12.6. The van der Waals surface area contributed by atoms with Gasteiger partial charge in [-0.15, -0.1) is 0 Å². The highest BCUT2D eigenvalue weighted by molar-refractivity contribution is 5.70. The molecule has 6 nitrogen and oxygen atoms in total. The first-order valence-electron chi connectivity index (χ1n) is 13.3. The quantitative estimate of drug-likeness (QED) is 0.568. The first-order chi connectivity index (χ1) is 15.4. The van der Waals surface area contributed by atoms with Gasteiger partial charge in [0.25, 0.3) is 0 Å². The Morgan fingerprint density at radius 3 is 2.45 bits per heavy atom. The summed E-state index contributed by atoms with van der Waals surface area (Å²) in [4.78, 5) is 12.6. The van der Waals surface area contributed by atoms with Gasteiger partial charge in [-0.1, -0.05) is 47.5 Å². The second kappa shape index (κ2) is 9.07. The third-order valence-corrected chi connectivity index (χ3v) is 9.99. The lowest BCUT2D eigenvalue weighted by atomic mass is 9.74. The zero-order valence-electron chi connectivity index (χ0n) is 21.6. The molecule has 0 bridgehead atoms. The lowest BCUT2D eigenvalue weighted by Crippen LogP contribution is -2.61. The predicted octanol–water partition coefficient (Wildman–Crippen LogP) is 4.30. The summed E-state index contributed by atoms with van der Waals surface area (Å²) in [5.41, 5.74) is -0.000265. The summed E-state index contributed by atoms with van der Waals surface area (Å²) < 4.78 is 18.6. The fourth-order valence-electron chi connectivity index (χ4n) is 7.53. The van der Waals surface area contributed by atoms with Gasteiger partial charge < -0.3 is 24.4 Å². The molecule has 1 heterocycles. The van der Waals surface area contributed by atoms with Gasteiger partial charge in [-0.25, -0.2) is 0 Å². The molecule has 0 aromatic carbocycles. The van der Waals surface area contributed by atoms with Crippen molar-refractivity contribution in [3.8, 4) is 0 Å². The SMILES string of the molecule is CCC(C)CC(=O)OC1C(O[C@@]2(C)CC[C@@H]3[C@H]([C@@H]4[C@H](C)CC[C@@H]42)C3(C)C)OC(C)C(O)C1O. The molecule has 6 heteroatoms. The number of aliphatic hydroxyl groups is 2. The lowest BCUT2D eigenvalue weighted by Gasteiger charge is -2.47. The number of rotatable bonds is 6. The standard InChI is InChI=1S/C27H46O6/c1-8-14(2)13-19(28)32-24-23(30)22(29)16(4)31-25(24)33-27(7)12-11-18-21(26(18,5)6)20-15(3)9-10-17(20)27/h14-18,20-25,29-30H,8-13H2,1-7H3/t14?,15-,16?,17+,18-,20-,21-,22?,23?,24?,25?,27+/m1/s1. The number of carbonyl (C=O) groups is 1. The Bertz CT molecular complexity index is 723. The van der Waals surface area contributed by atoms with Crippen LogP contribution in [0.3, 0.4) is 0 Å². The average Bonchev–Trinajstić information content (AvgIpc) is 3.12. The van der Waals surface area contributed by atoms with Crippen LogP contribution in [0.1, 0.15) is 87.0 Å². The fourth-order valence-corrected chi connectivity index (χ4v) is 7.53. The van der Waals surface area contributed by atoms with Crippen molar-refractivity contribution in [2.45, 2.75) is 123 Å². The van der Waals surface area contributed by atoms with Crippen molar-refractivity contribution in [3.63, 3.8) is 0 Å². The van der Waals surface area contributed by atoms with Gasteiger partial charge in [-0.05, 0) is 74.0 Å². The minimum absolute atomic E-state index is 0.192. The number of hydrogen-bond acceptors (Lipinski definition) is 6. The van der Waals surface area contributed by atoms with Gasteiger partial charge >= 0.3 is 5.97 Å². The predicted molar refractivity (Wildman–Crippen MR) is 125 cm³/mol. The van der Waals surface area contributed by atoms with E-state index in [0.29, 0.717) is 23.2 Å². The normalized spacial score (nSPS) is 49.5. The average molecular weight is 467 g/mol. The smallest absolute Gasteiger partial charge is 0.306 e. The van der Waals surface area contributed by atoms with Gasteiger partial charge in [0, 0.05) is 6.42 Å². The van der Waals surface area contributed by atoms with E-state index in [2.05, 4.69) is 27.7 Å². The Labute approximate surface area is 199 Å². The Hall–Kier alpha value is -0.690. The number of aliphatic hydroxyl groups excluding tert-OH is 2. The highest BCUT2D eigenvalue weighted by Crippen LogP contribution is 2.71. The van der Waals surface area contributed by atoms with E-state index in [1.165, 1.54) is 6.42 Å². The zero-order valence-corrected chi connectivity index (χ0v) is 21.6. The Morgan fingerprint density at radius 2 is 1.79 bits per heavy atom. The number of ether oxygens (including phenoxy) is 3. The second-order valence-corrected chi connectivity index (χ2v) is 12.5. The molecule has 2 N–H and O–H groups in total. The molecule has 0 radical (unpaired) electrons. The molecule has 0 amide bonds. The van der Waals surface area contributed by atoms with E-state index in [0.717, 1.165) is 37.5 Å². The van der Waals surface area contributed by atoms with Crippen LogP contribution < -0.4 is 0 Å². The van der Waals surface area contributed by atoms with E-state index in [9.17, 15) is 15.0 Å². The van der Waals surface area contributed by atoms with Crippen molar-refractivity contribution < 1.29 is 29.2 Å². The molecular formula is C27H46O6. The lowest BCUT2D eigenvalue weighted by molar-refractivity contribution is -0.329. The van der Waals surface area contributed by atoms with Crippen molar-refractivity contribution in [1.29, 1.82) is 0 Å². The van der Waals surface area contributed by atoms with Gasteiger partial charge in [-0.2, -0.15) is 0 Å². The maximum atomic E-state index is 12.6. The molecule has 3 aliphatic carbocycles. The second-order valence-electron chi connectivity index (χ2n) is 12.5. The Morgan fingerprint density at radius 1 is 1.09 bits per heavy atom. The number of esters is 1. The topological polar surface area (TPSA) is 85.2 Å². The molecule has 190 valence electrons. The monoisotopic (exact) mass is 466 g/mol. The van der Waals surface area contributed by atoms with Crippen LogP contribution in [0.4, 0.5) is 0 Å². The van der Waals surface area contributed by atoms with Crippen LogP contribution in [-0.4, -0.2) is 52.5 Å². The first kappa shape index (κ1) is 25.4. The van der Waals surface area contributed by atoms with E-state index in [1.54, 1.807) is 6.92 Å². The molecule has 0 spiro atoms. The van der Waals surface area contributed by atoms with Crippen LogP contribution in [0.2, 0.25) is 0 Å². The summed E-state index contributed by atoms with van der Waals surface area (Å²) in [6.45, 7) is 15.2. The number of carbonyl (C=O) groups excluding carboxylic acids is 1. The minimum Gasteiger partial charge on any atom is -0.454 e. The summed E-state index contributed by atoms with van der Waals surface area (Å²) in [5, 5.41) is 21.3. The summed E-state index contributed by atoms with van der Waals surface area (Å²) in [6, 6.07) is 0. The van der Waals surface area contributed by atoms with Gasteiger partial charge in [0.2, 0.25) is 0 Å². The van der Waals surface area contributed by atoms with Gasteiger partial charge in [0.15, 0.2) is 12.4 Å². The van der Waals surface area contributed by atoms with Crippen LogP contribution in [0, 0.1) is 40.9 Å². The van der Waals surface area contributed by atoms with Crippen molar-refractivity contribution in [2.24, 2.45) is 40.9 Å². The van der Waals surface area contributed by atoms with Crippen molar-refractivity contribution >= 4 is 5.97 Å². The number of fused-ring (bicyclic) bond motifs is 3. The Balaban J connectivity index is 1.55. The molecule has 1 saturated heterocycles. The van der Waals surface area contributed by atoms with Crippen LogP contribution in [0.5, 0.6) is 0 Å². The minimum atomic E-state index is -1.24. The molecule has 4 fully saturated rings. The van der Waals surface area contributed by atoms with E-state index in [4.69, 9.17) is 14.2 Å². The summed E-state index contributed by atoms with van der Waals surface area (Å²) >= 11 is 0. The number of hydrogen-bond donors (Lipinski definition) is 2. The summed E-state index contributed by atoms with van der Waals surface area (Å²) in [5.74, 6) is 3.01. The van der Waals surface area contributed by atoms with Crippen LogP contribution in [0.25, 0.3) is 0 Å². The molecule has 33 heavy (non-hydrogen) atoms. The van der Waals surface area contributed by atoms with Gasteiger partial charge in [-0.3, -0.25) is 4.79 Å². The molecule has 3 saturated carbocycles. The summed E-state index contributed by atoms with van der Waals surface area (Å²) in [7, 11) is 0. The van der Waals surface area contributed by atoms with Crippen LogP contribution in [0.15, 0.2) is 0 Å². The molecule has 12 atom stereocenters. The third kappa shape index (κ3) is 4.50. The summed E-state index contributed by atoms with van der Waals surface area (Å²) in [6.07, 6.45) is 0.671.